The van der Waals surface area contributed by atoms with Gasteiger partial charge in [0.15, 0.2) is 0 Å². The number of amides is 1. The van der Waals surface area contributed by atoms with Crippen molar-refractivity contribution in [2.75, 3.05) is 13.6 Å². The average Bonchev–Trinajstić information content (AvgIpc) is 2.36. The van der Waals surface area contributed by atoms with Gasteiger partial charge >= 0.3 is 0 Å². The zero-order valence-electron chi connectivity index (χ0n) is 12.2. The molecule has 1 aromatic carbocycles. The van der Waals surface area contributed by atoms with E-state index >= 15 is 0 Å². The van der Waals surface area contributed by atoms with Crippen molar-refractivity contribution in [3.8, 4) is 0 Å². The number of hydrogen-bond acceptors (Lipinski definition) is 2. The van der Waals surface area contributed by atoms with Crippen molar-refractivity contribution in [2.45, 2.75) is 33.2 Å². The first-order valence-corrected chi connectivity index (χ1v) is 6.61. The summed E-state index contributed by atoms with van der Waals surface area (Å²) in [4.78, 5) is 11.7. The minimum Gasteiger partial charge on any atom is -0.348 e. The van der Waals surface area contributed by atoms with Crippen molar-refractivity contribution < 1.29 is 4.79 Å². The fourth-order valence-electron chi connectivity index (χ4n) is 1.98. The van der Waals surface area contributed by atoms with Gasteiger partial charge < -0.3 is 10.6 Å². The summed E-state index contributed by atoms with van der Waals surface area (Å²) < 4.78 is 0. The van der Waals surface area contributed by atoms with Crippen LogP contribution < -0.4 is 10.6 Å². The minimum absolute atomic E-state index is 0. The third-order valence-electron chi connectivity index (χ3n) is 3.07. The monoisotopic (exact) mass is 284 g/mol. The lowest BCUT2D eigenvalue weighted by molar-refractivity contribution is -0.121. The Kier molecular flexibility index (Phi) is 8.44. The standard InChI is InChI=1S/C15H24N2O.ClH/c1-5-12-6-8-13(9-7-12)15(11(2)3)17-14(18)10-16-4;/h6-9,11,15-16H,5,10H2,1-4H3,(H,17,18);1H. The summed E-state index contributed by atoms with van der Waals surface area (Å²) in [6.07, 6.45) is 1.04. The third kappa shape index (κ3) is 5.62. The molecule has 2 N–H and O–H groups in total. The number of likely N-dealkylation sites (N-methyl/N-ethyl adjacent to an activating group) is 1. The van der Waals surface area contributed by atoms with Crippen LogP contribution in [0.1, 0.15) is 37.9 Å². The molecule has 0 saturated heterocycles. The Balaban J connectivity index is 0.00000324. The van der Waals surface area contributed by atoms with Gasteiger partial charge in [-0.25, -0.2) is 0 Å². The normalized spacial score (nSPS) is 11.8. The summed E-state index contributed by atoms with van der Waals surface area (Å²) in [6, 6.07) is 8.58. The van der Waals surface area contributed by atoms with Crippen LogP contribution in [-0.2, 0) is 11.2 Å². The minimum atomic E-state index is 0. The Morgan fingerprint density at radius 2 is 1.79 bits per heavy atom. The maximum atomic E-state index is 11.7. The van der Waals surface area contributed by atoms with Gasteiger partial charge in [-0.05, 0) is 30.5 Å². The van der Waals surface area contributed by atoms with Gasteiger partial charge in [0.1, 0.15) is 0 Å². The molecule has 0 aliphatic carbocycles. The fraction of sp³-hybridized carbons (Fsp3) is 0.533. The Bertz CT molecular complexity index is 376. The molecule has 3 nitrogen and oxygen atoms in total. The van der Waals surface area contributed by atoms with Crippen molar-refractivity contribution in [2.24, 2.45) is 5.92 Å². The molecule has 0 aromatic heterocycles. The molecule has 1 amide bonds. The molecule has 0 saturated carbocycles. The van der Waals surface area contributed by atoms with E-state index in [0.717, 1.165) is 6.42 Å². The van der Waals surface area contributed by atoms with E-state index in [9.17, 15) is 4.79 Å². The van der Waals surface area contributed by atoms with Crippen LogP contribution in [-0.4, -0.2) is 19.5 Å². The van der Waals surface area contributed by atoms with Gasteiger partial charge in [-0.3, -0.25) is 4.79 Å². The highest BCUT2D eigenvalue weighted by Gasteiger charge is 2.17. The molecular formula is C15H25ClN2O. The summed E-state index contributed by atoms with van der Waals surface area (Å²) in [5.74, 6) is 0.411. The summed E-state index contributed by atoms with van der Waals surface area (Å²) >= 11 is 0. The molecule has 4 heteroatoms. The quantitative estimate of drug-likeness (QED) is 0.843. The smallest absolute Gasteiger partial charge is 0.234 e. The first-order valence-electron chi connectivity index (χ1n) is 6.61. The molecule has 19 heavy (non-hydrogen) atoms. The number of rotatable bonds is 6. The van der Waals surface area contributed by atoms with Crippen LogP contribution in [0.2, 0.25) is 0 Å². The van der Waals surface area contributed by atoms with Crippen LogP contribution in [0.3, 0.4) is 0 Å². The van der Waals surface area contributed by atoms with Crippen molar-refractivity contribution in [3.63, 3.8) is 0 Å². The Hall–Kier alpha value is -1.06. The van der Waals surface area contributed by atoms with E-state index in [2.05, 4.69) is 55.7 Å². The maximum Gasteiger partial charge on any atom is 0.234 e. The summed E-state index contributed by atoms with van der Waals surface area (Å²) in [5.41, 5.74) is 2.49. The van der Waals surface area contributed by atoms with Crippen molar-refractivity contribution in [3.05, 3.63) is 35.4 Å². The number of halogens is 1. The van der Waals surface area contributed by atoms with E-state index in [4.69, 9.17) is 0 Å². The van der Waals surface area contributed by atoms with Crippen LogP contribution in [0, 0.1) is 5.92 Å². The number of carbonyl (C=O) groups excluding carboxylic acids is 1. The Morgan fingerprint density at radius 1 is 1.21 bits per heavy atom. The second-order valence-electron chi connectivity index (χ2n) is 4.91. The van der Waals surface area contributed by atoms with Crippen molar-refractivity contribution in [1.82, 2.24) is 10.6 Å². The molecule has 0 spiro atoms. The number of benzene rings is 1. The molecule has 0 fully saturated rings. The highest BCUT2D eigenvalue weighted by molar-refractivity contribution is 5.85. The van der Waals surface area contributed by atoms with Gasteiger partial charge in [-0.2, -0.15) is 0 Å². The molecule has 1 atom stereocenters. The molecule has 0 heterocycles. The average molecular weight is 285 g/mol. The van der Waals surface area contributed by atoms with Crippen LogP contribution >= 0.6 is 12.4 Å². The molecule has 108 valence electrons. The molecule has 0 bridgehead atoms. The van der Waals surface area contributed by atoms with E-state index in [1.54, 1.807) is 7.05 Å². The summed E-state index contributed by atoms with van der Waals surface area (Å²) in [6.45, 7) is 6.75. The lowest BCUT2D eigenvalue weighted by atomic mass is 9.95. The topological polar surface area (TPSA) is 41.1 Å². The number of hydrogen-bond donors (Lipinski definition) is 2. The number of nitrogens with one attached hydrogen (secondary N) is 2. The van der Waals surface area contributed by atoms with Gasteiger partial charge in [0, 0.05) is 0 Å². The maximum absolute atomic E-state index is 11.7. The van der Waals surface area contributed by atoms with E-state index in [0.29, 0.717) is 12.5 Å². The second kappa shape index (κ2) is 8.94. The van der Waals surface area contributed by atoms with Gasteiger partial charge in [0.05, 0.1) is 12.6 Å². The predicted molar refractivity (Wildman–Crippen MR) is 82.7 cm³/mol. The fourth-order valence-corrected chi connectivity index (χ4v) is 1.98. The molecular weight excluding hydrogens is 260 g/mol. The summed E-state index contributed by atoms with van der Waals surface area (Å²) in [7, 11) is 1.78. The largest absolute Gasteiger partial charge is 0.348 e. The van der Waals surface area contributed by atoms with E-state index < -0.39 is 0 Å². The van der Waals surface area contributed by atoms with Gasteiger partial charge in [0.25, 0.3) is 0 Å². The van der Waals surface area contributed by atoms with E-state index in [1.165, 1.54) is 11.1 Å². The summed E-state index contributed by atoms with van der Waals surface area (Å²) in [5, 5.41) is 5.94. The molecule has 1 rings (SSSR count). The first kappa shape index (κ1) is 17.9. The second-order valence-corrected chi connectivity index (χ2v) is 4.91. The van der Waals surface area contributed by atoms with Gasteiger partial charge in [0.2, 0.25) is 5.91 Å². The van der Waals surface area contributed by atoms with Crippen LogP contribution in [0.25, 0.3) is 0 Å². The van der Waals surface area contributed by atoms with Gasteiger partial charge in [-0.1, -0.05) is 45.0 Å². The van der Waals surface area contributed by atoms with Gasteiger partial charge in [-0.15, -0.1) is 12.4 Å². The van der Waals surface area contributed by atoms with Crippen LogP contribution in [0.15, 0.2) is 24.3 Å². The highest BCUT2D eigenvalue weighted by Crippen LogP contribution is 2.22. The Morgan fingerprint density at radius 3 is 2.21 bits per heavy atom. The molecule has 0 radical (unpaired) electrons. The molecule has 1 unspecified atom stereocenters. The molecule has 0 aliphatic rings. The zero-order chi connectivity index (χ0) is 13.5. The third-order valence-corrected chi connectivity index (χ3v) is 3.07. The highest BCUT2D eigenvalue weighted by atomic mass is 35.5. The van der Waals surface area contributed by atoms with Crippen LogP contribution in [0.5, 0.6) is 0 Å². The van der Waals surface area contributed by atoms with Crippen molar-refractivity contribution >= 4 is 18.3 Å². The first-order chi connectivity index (χ1) is 8.58. The Labute approximate surface area is 122 Å². The number of aryl methyl sites for hydroxylation is 1. The lowest BCUT2D eigenvalue weighted by Crippen LogP contribution is -2.37. The zero-order valence-corrected chi connectivity index (χ0v) is 13.0. The van der Waals surface area contributed by atoms with E-state index in [-0.39, 0.29) is 24.4 Å². The number of carbonyl (C=O) groups is 1. The van der Waals surface area contributed by atoms with Crippen molar-refractivity contribution in [1.29, 1.82) is 0 Å². The SMILES string of the molecule is CCc1ccc(C(NC(=O)CNC)C(C)C)cc1.Cl. The van der Waals surface area contributed by atoms with Crippen LogP contribution in [0.4, 0.5) is 0 Å². The predicted octanol–water partition coefficient (Wildman–Crippen LogP) is 2.70. The molecule has 0 aliphatic heterocycles. The lowest BCUT2D eigenvalue weighted by Gasteiger charge is -2.23. The molecule has 1 aromatic rings. The van der Waals surface area contributed by atoms with E-state index in [1.807, 2.05) is 0 Å².